The maximum atomic E-state index is 12.1. The zero-order valence-electron chi connectivity index (χ0n) is 13.1. The van der Waals surface area contributed by atoms with Crippen LogP contribution in [0.15, 0.2) is 18.2 Å². The molecular weight excluding hydrogens is 280 g/mol. The lowest BCUT2D eigenvalue weighted by atomic mass is 9.99. The van der Waals surface area contributed by atoms with Crippen molar-refractivity contribution in [3.05, 3.63) is 23.8 Å². The molecule has 0 aliphatic carbocycles. The largest absolute Gasteiger partial charge is 0.454 e. The molecule has 1 amide bonds. The summed E-state index contributed by atoms with van der Waals surface area (Å²) in [6, 6.07) is 5.94. The molecule has 0 aromatic heterocycles. The maximum Gasteiger partial charge on any atom is 0.231 e. The molecular formula is C17H24N2O3. The summed E-state index contributed by atoms with van der Waals surface area (Å²) in [7, 11) is 0. The lowest BCUT2D eigenvalue weighted by Gasteiger charge is -2.30. The molecule has 0 atom stereocenters. The molecule has 1 N–H and O–H groups in total. The van der Waals surface area contributed by atoms with Crippen LogP contribution in [-0.4, -0.2) is 37.2 Å². The van der Waals surface area contributed by atoms with E-state index in [9.17, 15) is 4.79 Å². The average Bonchev–Trinajstić information content (AvgIpc) is 2.99. The van der Waals surface area contributed by atoms with Gasteiger partial charge in [-0.2, -0.15) is 0 Å². The standard InChI is InChI=1S/C17H24N2O3/c1-13-5-8-19(9-6-13)17(20)4-7-18-11-14-2-3-15-16(10-14)22-12-21-15/h2-3,10,13,18H,4-9,11-12H2,1H3. The topological polar surface area (TPSA) is 50.8 Å². The van der Waals surface area contributed by atoms with Crippen molar-refractivity contribution in [3.8, 4) is 11.5 Å². The van der Waals surface area contributed by atoms with Crippen LogP contribution < -0.4 is 14.8 Å². The van der Waals surface area contributed by atoms with Gasteiger partial charge < -0.3 is 19.7 Å². The third-order valence-corrected chi connectivity index (χ3v) is 4.42. The number of benzene rings is 1. The highest BCUT2D eigenvalue weighted by Gasteiger charge is 2.19. The van der Waals surface area contributed by atoms with Crippen LogP contribution in [0.25, 0.3) is 0 Å². The number of hydrogen-bond acceptors (Lipinski definition) is 4. The van der Waals surface area contributed by atoms with Crippen LogP contribution in [0.5, 0.6) is 11.5 Å². The minimum absolute atomic E-state index is 0.269. The van der Waals surface area contributed by atoms with E-state index in [2.05, 4.69) is 12.2 Å². The lowest BCUT2D eigenvalue weighted by Crippen LogP contribution is -2.39. The van der Waals surface area contributed by atoms with E-state index in [0.717, 1.165) is 55.5 Å². The summed E-state index contributed by atoms with van der Waals surface area (Å²) >= 11 is 0. The molecule has 0 unspecified atom stereocenters. The Hall–Kier alpha value is -1.75. The zero-order chi connectivity index (χ0) is 15.4. The summed E-state index contributed by atoms with van der Waals surface area (Å²) in [5.41, 5.74) is 1.14. The molecule has 0 bridgehead atoms. The zero-order valence-corrected chi connectivity index (χ0v) is 13.1. The summed E-state index contributed by atoms with van der Waals surface area (Å²) < 4.78 is 10.7. The molecule has 2 aliphatic heterocycles. The second-order valence-electron chi connectivity index (χ2n) is 6.18. The summed E-state index contributed by atoms with van der Waals surface area (Å²) in [6.45, 7) is 5.84. The van der Waals surface area contributed by atoms with E-state index in [1.54, 1.807) is 0 Å². The highest BCUT2D eigenvalue weighted by molar-refractivity contribution is 5.76. The summed E-state index contributed by atoms with van der Waals surface area (Å²) in [6.07, 6.45) is 2.84. The predicted octanol–water partition coefficient (Wildman–Crippen LogP) is 2.15. The molecule has 5 nitrogen and oxygen atoms in total. The molecule has 0 saturated carbocycles. The Morgan fingerprint density at radius 3 is 2.86 bits per heavy atom. The first-order chi connectivity index (χ1) is 10.7. The number of fused-ring (bicyclic) bond motifs is 1. The van der Waals surface area contributed by atoms with Crippen LogP contribution in [0, 0.1) is 5.92 Å². The van der Waals surface area contributed by atoms with Crippen molar-refractivity contribution < 1.29 is 14.3 Å². The fraction of sp³-hybridized carbons (Fsp3) is 0.588. The first-order valence-electron chi connectivity index (χ1n) is 8.09. The second kappa shape index (κ2) is 7.01. The van der Waals surface area contributed by atoms with E-state index in [-0.39, 0.29) is 5.91 Å². The molecule has 5 heteroatoms. The molecule has 3 rings (SSSR count). The van der Waals surface area contributed by atoms with Crippen molar-refractivity contribution in [2.24, 2.45) is 5.92 Å². The second-order valence-corrected chi connectivity index (χ2v) is 6.18. The van der Waals surface area contributed by atoms with Crippen molar-refractivity contribution in [2.45, 2.75) is 32.7 Å². The Kier molecular flexibility index (Phi) is 4.83. The number of nitrogens with one attached hydrogen (secondary N) is 1. The minimum Gasteiger partial charge on any atom is -0.454 e. The van der Waals surface area contributed by atoms with Gasteiger partial charge in [-0.3, -0.25) is 4.79 Å². The maximum absolute atomic E-state index is 12.1. The van der Waals surface area contributed by atoms with E-state index in [0.29, 0.717) is 19.8 Å². The molecule has 2 heterocycles. The van der Waals surface area contributed by atoms with Crippen molar-refractivity contribution in [2.75, 3.05) is 26.4 Å². The highest BCUT2D eigenvalue weighted by Crippen LogP contribution is 2.32. The molecule has 0 spiro atoms. The average molecular weight is 304 g/mol. The number of hydrogen-bond donors (Lipinski definition) is 1. The van der Waals surface area contributed by atoms with Gasteiger partial charge in [-0.1, -0.05) is 13.0 Å². The van der Waals surface area contributed by atoms with Crippen LogP contribution >= 0.6 is 0 Å². The number of carbonyl (C=O) groups excluding carboxylic acids is 1. The fourth-order valence-corrected chi connectivity index (χ4v) is 2.90. The number of carbonyl (C=O) groups is 1. The van der Waals surface area contributed by atoms with Gasteiger partial charge in [0.2, 0.25) is 12.7 Å². The molecule has 1 fully saturated rings. The Morgan fingerprint density at radius 1 is 1.27 bits per heavy atom. The number of nitrogens with zero attached hydrogens (tertiary/aromatic N) is 1. The van der Waals surface area contributed by atoms with Crippen LogP contribution in [0.3, 0.4) is 0 Å². The summed E-state index contributed by atoms with van der Waals surface area (Å²) in [4.78, 5) is 14.1. The van der Waals surface area contributed by atoms with Gasteiger partial charge >= 0.3 is 0 Å². The Bertz CT molecular complexity index is 525. The smallest absolute Gasteiger partial charge is 0.231 e. The molecule has 1 saturated heterocycles. The van der Waals surface area contributed by atoms with Crippen molar-refractivity contribution in [3.63, 3.8) is 0 Å². The first-order valence-corrected chi connectivity index (χ1v) is 8.09. The summed E-state index contributed by atoms with van der Waals surface area (Å²) in [5.74, 6) is 2.63. The van der Waals surface area contributed by atoms with E-state index >= 15 is 0 Å². The van der Waals surface area contributed by atoms with Crippen molar-refractivity contribution in [1.29, 1.82) is 0 Å². The fourth-order valence-electron chi connectivity index (χ4n) is 2.90. The van der Waals surface area contributed by atoms with Gasteiger partial charge in [0.05, 0.1) is 0 Å². The van der Waals surface area contributed by atoms with Gasteiger partial charge in [-0.05, 0) is 36.5 Å². The monoisotopic (exact) mass is 304 g/mol. The van der Waals surface area contributed by atoms with E-state index in [4.69, 9.17) is 9.47 Å². The van der Waals surface area contributed by atoms with Gasteiger partial charge in [-0.15, -0.1) is 0 Å². The van der Waals surface area contributed by atoms with E-state index < -0.39 is 0 Å². The summed E-state index contributed by atoms with van der Waals surface area (Å²) in [5, 5.41) is 3.33. The van der Waals surface area contributed by atoms with Gasteiger partial charge in [0.15, 0.2) is 11.5 Å². The highest BCUT2D eigenvalue weighted by atomic mass is 16.7. The van der Waals surface area contributed by atoms with Crippen molar-refractivity contribution >= 4 is 5.91 Å². The van der Waals surface area contributed by atoms with Gasteiger partial charge in [0.1, 0.15) is 0 Å². The Morgan fingerprint density at radius 2 is 2.05 bits per heavy atom. The van der Waals surface area contributed by atoms with Crippen LogP contribution in [-0.2, 0) is 11.3 Å². The van der Waals surface area contributed by atoms with Gasteiger partial charge in [0, 0.05) is 32.6 Å². The molecule has 0 radical (unpaired) electrons. The predicted molar refractivity (Wildman–Crippen MR) is 83.9 cm³/mol. The molecule has 22 heavy (non-hydrogen) atoms. The molecule has 1 aromatic rings. The van der Waals surface area contributed by atoms with Crippen LogP contribution in [0.4, 0.5) is 0 Å². The minimum atomic E-state index is 0.269. The molecule has 2 aliphatic rings. The van der Waals surface area contributed by atoms with Crippen LogP contribution in [0.1, 0.15) is 31.7 Å². The quantitative estimate of drug-likeness (QED) is 0.847. The number of likely N-dealkylation sites (tertiary alicyclic amines) is 1. The number of amides is 1. The van der Waals surface area contributed by atoms with Crippen LogP contribution in [0.2, 0.25) is 0 Å². The van der Waals surface area contributed by atoms with Gasteiger partial charge in [-0.25, -0.2) is 0 Å². The number of rotatable bonds is 5. The van der Waals surface area contributed by atoms with Gasteiger partial charge in [0.25, 0.3) is 0 Å². The third kappa shape index (κ3) is 3.71. The Labute approximate surface area is 131 Å². The van der Waals surface area contributed by atoms with E-state index in [1.807, 2.05) is 23.1 Å². The number of piperidine rings is 1. The SMILES string of the molecule is CC1CCN(C(=O)CCNCc2ccc3c(c2)OCO3)CC1. The Balaban J connectivity index is 1.37. The normalized spacial score (nSPS) is 17.8. The number of ether oxygens (including phenoxy) is 2. The lowest BCUT2D eigenvalue weighted by molar-refractivity contribution is -0.132. The first kappa shape index (κ1) is 15.2. The van der Waals surface area contributed by atoms with Crippen molar-refractivity contribution in [1.82, 2.24) is 10.2 Å². The molecule has 1 aromatic carbocycles. The third-order valence-electron chi connectivity index (χ3n) is 4.42. The van der Waals surface area contributed by atoms with E-state index in [1.165, 1.54) is 0 Å². The molecule has 120 valence electrons.